The molecule has 2 nitrogen and oxygen atoms in total. The highest BCUT2D eigenvalue weighted by Crippen LogP contribution is 2.33. The van der Waals surface area contributed by atoms with Gasteiger partial charge in [-0.25, -0.2) is 4.98 Å². The van der Waals surface area contributed by atoms with Gasteiger partial charge >= 0.3 is 0 Å². The van der Waals surface area contributed by atoms with Gasteiger partial charge in [0.1, 0.15) is 10.3 Å². The van der Waals surface area contributed by atoms with Crippen molar-refractivity contribution in [3.05, 3.63) is 62.9 Å². The minimum Gasteiger partial charge on any atom is -0.299 e. The van der Waals surface area contributed by atoms with Crippen LogP contribution in [0.15, 0.2) is 36.4 Å². The molecule has 3 rings (SSSR count). The Kier molecular flexibility index (Phi) is 6.04. The molecule has 0 saturated heterocycles. The van der Waals surface area contributed by atoms with Crippen LogP contribution in [0.4, 0.5) is 0 Å². The van der Waals surface area contributed by atoms with Gasteiger partial charge in [-0.05, 0) is 67.6 Å². The molecule has 0 aliphatic heterocycles. The van der Waals surface area contributed by atoms with Crippen molar-refractivity contribution in [2.45, 2.75) is 38.3 Å². The lowest BCUT2D eigenvalue weighted by Gasteiger charge is -2.30. The lowest BCUT2D eigenvalue weighted by molar-refractivity contribution is 0.189. The second-order valence-electron chi connectivity index (χ2n) is 6.62. The summed E-state index contributed by atoms with van der Waals surface area (Å²) in [7, 11) is 2.19. The Morgan fingerprint density at radius 1 is 1.00 bits per heavy atom. The molecule has 0 radical (unpaired) electrons. The van der Waals surface area contributed by atoms with Gasteiger partial charge in [0.2, 0.25) is 0 Å². The first-order valence-corrected chi connectivity index (χ1v) is 9.41. The molecule has 0 amide bonds. The molecule has 1 saturated carbocycles. The lowest BCUT2D eigenvalue weighted by Crippen LogP contribution is -2.35. The van der Waals surface area contributed by atoms with Crippen LogP contribution in [0, 0.1) is 5.92 Å². The van der Waals surface area contributed by atoms with Crippen LogP contribution in [0.5, 0.6) is 0 Å². The smallest absolute Gasteiger partial charge is 0.131 e. The zero-order valence-electron chi connectivity index (χ0n) is 13.7. The summed E-state index contributed by atoms with van der Waals surface area (Å²) in [4.78, 5) is 6.44. The van der Waals surface area contributed by atoms with Crippen molar-refractivity contribution in [2.24, 2.45) is 5.92 Å². The second-order valence-corrected chi connectivity index (χ2v) is 7.84. The molecule has 0 N–H and O–H groups in total. The van der Waals surface area contributed by atoms with Crippen LogP contribution in [0.25, 0.3) is 0 Å². The summed E-state index contributed by atoms with van der Waals surface area (Å²) in [6.07, 6.45) is 4.89. The molecule has 128 valence electrons. The van der Waals surface area contributed by atoms with E-state index in [2.05, 4.69) is 29.1 Å². The van der Waals surface area contributed by atoms with Gasteiger partial charge < -0.3 is 0 Å². The van der Waals surface area contributed by atoms with Crippen LogP contribution in [0.1, 0.15) is 30.4 Å². The molecule has 2 atom stereocenters. The zero-order chi connectivity index (χ0) is 17.1. The molecular weight excluding hydrogens is 363 g/mol. The molecular formula is C19H21Cl3N2. The van der Waals surface area contributed by atoms with E-state index in [1.165, 1.54) is 24.8 Å². The summed E-state index contributed by atoms with van der Waals surface area (Å²) in [6, 6.07) is 12.6. The molecule has 1 aliphatic carbocycles. The van der Waals surface area contributed by atoms with E-state index in [4.69, 9.17) is 34.8 Å². The molecule has 2 unspecified atom stereocenters. The van der Waals surface area contributed by atoms with Crippen molar-refractivity contribution in [1.82, 2.24) is 9.88 Å². The molecule has 0 spiro atoms. The van der Waals surface area contributed by atoms with Gasteiger partial charge in [0.15, 0.2) is 0 Å². The third-order valence-corrected chi connectivity index (χ3v) is 5.49. The highest BCUT2D eigenvalue weighted by atomic mass is 35.5. The predicted octanol–water partition coefficient (Wildman–Crippen LogP) is 5.89. The number of aromatic nitrogens is 1. The average molecular weight is 384 g/mol. The minimum absolute atomic E-state index is 0.454. The van der Waals surface area contributed by atoms with Crippen LogP contribution >= 0.6 is 34.8 Å². The van der Waals surface area contributed by atoms with E-state index < -0.39 is 0 Å². The Hall–Kier alpha value is -0.800. The second kappa shape index (κ2) is 8.05. The fourth-order valence-corrected chi connectivity index (χ4v) is 4.40. The minimum atomic E-state index is 0.454. The van der Waals surface area contributed by atoms with E-state index in [1.54, 1.807) is 0 Å². The molecule has 0 bridgehead atoms. The van der Waals surface area contributed by atoms with Crippen LogP contribution in [-0.2, 0) is 13.0 Å². The summed E-state index contributed by atoms with van der Waals surface area (Å²) in [5.41, 5.74) is 2.47. The van der Waals surface area contributed by atoms with E-state index in [0.717, 1.165) is 23.6 Å². The SMILES string of the molecule is CN(Cc1cc(Cl)nc(Cl)c1)C1CCCC1Cc1ccc(Cl)cc1. The molecule has 2 aromatic rings. The van der Waals surface area contributed by atoms with Gasteiger partial charge in [0.25, 0.3) is 0 Å². The monoisotopic (exact) mass is 382 g/mol. The van der Waals surface area contributed by atoms with E-state index in [0.29, 0.717) is 22.3 Å². The summed E-state index contributed by atoms with van der Waals surface area (Å²) in [5.74, 6) is 0.670. The predicted molar refractivity (Wildman–Crippen MR) is 102 cm³/mol. The van der Waals surface area contributed by atoms with Gasteiger partial charge in [0.05, 0.1) is 0 Å². The van der Waals surface area contributed by atoms with Gasteiger partial charge in [0, 0.05) is 17.6 Å². The highest BCUT2D eigenvalue weighted by Gasteiger charge is 2.30. The maximum Gasteiger partial charge on any atom is 0.131 e. The summed E-state index contributed by atoms with van der Waals surface area (Å²) in [5, 5.41) is 1.70. The number of pyridine rings is 1. The Labute approximate surface area is 158 Å². The molecule has 1 aliphatic rings. The fraction of sp³-hybridized carbons (Fsp3) is 0.421. The average Bonchev–Trinajstić information content (AvgIpc) is 2.97. The summed E-state index contributed by atoms with van der Waals surface area (Å²) < 4.78 is 0. The van der Waals surface area contributed by atoms with Crippen molar-refractivity contribution < 1.29 is 0 Å². The van der Waals surface area contributed by atoms with E-state index in [1.807, 2.05) is 24.3 Å². The highest BCUT2D eigenvalue weighted by molar-refractivity contribution is 6.32. The number of benzene rings is 1. The van der Waals surface area contributed by atoms with Gasteiger partial charge in [-0.2, -0.15) is 0 Å². The standard InChI is InChI=1S/C19H21Cl3N2/c1-24(12-14-10-18(21)23-19(22)11-14)17-4-2-3-15(17)9-13-5-7-16(20)8-6-13/h5-8,10-11,15,17H,2-4,9,12H2,1H3. The number of hydrogen-bond acceptors (Lipinski definition) is 2. The van der Waals surface area contributed by atoms with Crippen LogP contribution < -0.4 is 0 Å². The normalized spacial score (nSPS) is 20.7. The number of nitrogens with zero attached hydrogens (tertiary/aromatic N) is 2. The summed E-state index contributed by atoms with van der Waals surface area (Å²) in [6.45, 7) is 0.837. The van der Waals surface area contributed by atoms with E-state index in [-0.39, 0.29) is 0 Å². The van der Waals surface area contributed by atoms with Crippen LogP contribution in [0.2, 0.25) is 15.3 Å². The van der Waals surface area contributed by atoms with Crippen LogP contribution in [-0.4, -0.2) is 23.0 Å². The van der Waals surface area contributed by atoms with Crippen molar-refractivity contribution >= 4 is 34.8 Å². The first kappa shape index (κ1) is 18.0. The molecule has 1 fully saturated rings. The Morgan fingerprint density at radius 2 is 1.67 bits per heavy atom. The quantitative estimate of drug-likeness (QED) is 0.599. The van der Waals surface area contributed by atoms with Crippen molar-refractivity contribution in [1.29, 1.82) is 0 Å². The maximum atomic E-state index is 6.02. The third kappa shape index (κ3) is 4.64. The van der Waals surface area contributed by atoms with Crippen LogP contribution in [0.3, 0.4) is 0 Å². The fourth-order valence-electron chi connectivity index (χ4n) is 3.77. The maximum absolute atomic E-state index is 6.02. The molecule has 1 heterocycles. The van der Waals surface area contributed by atoms with Gasteiger partial charge in [-0.15, -0.1) is 0 Å². The molecule has 1 aromatic heterocycles. The number of rotatable bonds is 5. The topological polar surface area (TPSA) is 16.1 Å². The third-order valence-electron chi connectivity index (χ3n) is 4.85. The molecule has 5 heteroatoms. The van der Waals surface area contributed by atoms with Gasteiger partial charge in [-0.1, -0.05) is 53.4 Å². The largest absolute Gasteiger partial charge is 0.299 e. The van der Waals surface area contributed by atoms with E-state index >= 15 is 0 Å². The number of hydrogen-bond donors (Lipinski definition) is 0. The first-order chi connectivity index (χ1) is 11.5. The first-order valence-electron chi connectivity index (χ1n) is 8.28. The van der Waals surface area contributed by atoms with Crippen molar-refractivity contribution in [2.75, 3.05) is 7.05 Å². The van der Waals surface area contributed by atoms with E-state index in [9.17, 15) is 0 Å². The number of halogens is 3. The van der Waals surface area contributed by atoms with Gasteiger partial charge in [-0.3, -0.25) is 4.90 Å². The lowest BCUT2D eigenvalue weighted by atomic mass is 9.93. The molecule has 1 aromatic carbocycles. The Balaban J connectivity index is 1.66. The summed E-state index contributed by atoms with van der Waals surface area (Å²) >= 11 is 18.0. The zero-order valence-corrected chi connectivity index (χ0v) is 16.0. The molecule has 24 heavy (non-hydrogen) atoms. The van der Waals surface area contributed by atoms with Crippen molar-refractivity contribution in [3.63, 3.8) is 0 Å². The van der Waals surface area contributed by atoms with Crippen molar-refractivity contribution in [3.8, 4) is 0 Å². The Morgan fingerprint density at radius 3 is 2.33 bits per heavy atom. The Bertz CT molecular complexity index is 667.